The first-order valence-electron chi connectivity index (χ1n) is 18.5. The number of unbranched alkanes of at least 4 members (excludes halogenated alkanes) is 23. The van der Waals surface area contributed by atoms with E-state index in [1.807, 2.05) is 0 Å². The fraction of sp³-hybridized carbons (Fsp3) is 0.919. The highest BCUT2D eigenvalue weighted by Gasteiger charge is 2.19. The first kappa shape index (κ1) is 41.7. The first-order chi connectivity index (χ1) is 20.7. The van der Waals surface area contributed by atoms with Crippen molar-refractivity contribution in [3.05, 3.63) is 12.2 Å². The van der Waals surface area contributed by atoms with E-state index in [1.54, 1.807) is 0 Å². The lowest BCUT2D eigenvalue weighted by molar-refractivity contribution is -0.115. The summed E-state index contributed by atoms with van der Waals surface area (Å²) in [5.41, 5.74) is 0.201. The van der Waals surface area contributed by atoms with Crippen molar-refractivity contribution in [2.24, 2.45) is 5.92 Å². The number of rotatable bonds is 35. The average molecular weight is 613 g/mol. The van der Waals surface area contributed by atoms with Gasteiger partial charge in [0, 0.05) is 5.92 Å². The molecule has 0 saturated carbocycles. The molecule has 0 aromatic heterocycles. The van der Waals surface area contributed by atoms with Gasteiger partial charge >= 0.3 is 0 Å². The standard InChI is InChI=1S/C37H73O4P/c1-3-5-7-9-11-13-15-17-19-21-23-25-27-29-31-35(37(40)42-41-34-36(39)33-38)32-30-28-26-24-22-20-18-16-14-12-10-8-6-4-2/h17,19,35-36,38-39,42H,3-16,18,20-34H2,1-2H3/b19-17-. The number of hydrogen-bond acceptors (Lipinski definition) is 4. The van der Waals surface area contributed by atoms with Crippen molar-refractivity contribution < 1.29 is 19.5 Å². The minimum absolute atomic E-state index is 0.0403. The van der Waals surface area contributed by atoms with Crippen LogP contribution in [0.25, 0.3) is 0 Å². The van der Waals surface area contributed by atoms with Crippen molar-refractivity contribution in [3.63, 3.8) is 0 Å². The molecule has 0 heterocycles. The quantitative estimate of drug-likeness (QED) is 0.0424. The molecule has 0 bridgehead atoms. The highest BCUT2D eigenvalue weighted by Crippen LogP contribution is 2.28. The molecule has 0 aromatic rings. The van der Waals surface area contributed by atoms with Crippen LogP contribution >= 0.6 is 8.81 Å². The molecular weight excluding hydrogens is 539 g/mol. The van der Waals surface area contributed by atoms with Gasteiger partial charge in [-0.1, -0.05) is 167 Å². The molecule has 4 nitrogen and oxygen atoms in total. The van der Waals surface area contributed by atoms with Crippen molar-refractivity contribution in [2.45, 2.75) is 200 Å². The summed E-state index contributed by atoms with van der Waals surface area (Å²) in [6.07, 6.45) is 40.1. The van der Waals surface area contributed by atoms with Gasteiger partial charge < -0.3 is 14.7 Å². The van der Waals surface area contributed by atoms with Crippen LogP contribution in [0.4, 0.5) is 0 Å². The summed E-state index contributed by atoms with van der Waals surface area (Å²) in [6.45, 7) is 4.27. The zero-order valence-corrected chi connectivity index (χ0v) is 29.2. The third-order valence-corrected chi connectivity index (χ3v) is 9.42. The molecule has 0 spiro atoms. The molecule has 0 aliphatic rings. The molecule has 0 amide bonds. The minimum atomic E-state index is -0.894. The monoisotopic (exact) mass is 613 g/mol. The predicted octanol–water partition coefficient (Wildman–Crippen LogP) is 11.6. The van der Waals surface area contributed by atoms with E-state index in [0.717, 1.165) is 25.7 Å². The topological polar surface area (TPSA) is 66.8 Å². The van der Waals surface area contributed by atoms with Crippen LogP contribution in [0.3, 0.4) is 0 Å². The summed E-state index contributed by atoms with van der Waals surface area (Å²) in [5, 5.41) is 18.5. The van der Waals surface area contributed by atoms with Crippen LogP contribution in [0.15, 0.2) is 12.2 Å². The second-order valence-corrected chi connectivity index (χ2v) is 13.7. The summed E-state index contributed by atoms with van der Waals surface area (Å²) in [6, 6.07) is 0. The van der Waals surface area contributed by atoms with Crippen LogP contribution in [0.5, 0.6) is 0 Å². The van der Waals surface area contributed by atoms with Crippen molar-refractivity contribution in [2.75, 3.05) is 13.2 Å². The van der Waals surface area contributed by atoms with E-state index in [0.29, 0.717) is 0 Å². The maximum Gasteiger partial charge on any atom is 0.181 e. The van der Waals surface area contributed by atoms with Crippen molar-refractivity contribution in [3.8, 4) is 0 Å². The Hall–Kier alpha value is -0.280. The Morgan fingerprint density at radius 3 is 1.33 bits per heavy atom. The molecular formula is C37H73O4P. The zero-order valence-electron chi connectivity index (χ0n) is 28.2. The maximum absolute atomic E-state index is 12.9. The van der Waals surface area contributed by atoms with Gasteiger partial charge in [0.25, 0.3) is 0 Å². The fourth-order valence-corrected chi connectivity index (χ4v) is 6.49. The third-order valence-electron chi connectivity index (χ3n) is 8.50. The van der Waals surface area contributed by atoms with Crippen LogP contribution in [-0.2, 0) is 9.32 Å². The van der Waals surface area contributed by atoms with E-state index in [2.05, 4.69) is 26.0 Å². The van der Waals surface area contributed by atoms with E-state index in [1.165, 1.54) is 154 Å². The SMILES string of the molecule is CCCCCCCC/C=C\CCCCCCC(CCCCCCCCCCCCCCCC)C(=O)POCC(O)CO. The number of allylic oxidation sites excluding steroid dienone is 2. The Labute approximate surface area is 264 Å². The molecule has 42 heavy (non-hydrogen) atoms. The van der Waals surface area contributed by atoms with E-state index in [9.17, 15) is 9.90 Å². The largest absolute Gasteiger partial charge is 0.394 e. The van der Waals surface area contributed by atoms with Crippen LogP contribution in [-0.4, -0.2) is 35.1 Å². The van der Waals surface area contributed by atoms with Gasteiger partial charge in [0.05, 0.1) is 22.0 Å². The van der Waals surface area contributed by atoms with E-state index < -0.39 is 6.10 Å². The highest BCUT2D eigenvalue weighted by molar-refractivity contribution is 7.53. The predicted molar refractivity (Wildman–Crippen MR) is 186 cm³/mol. The molecule has 0 fully saturated rings. The van der Waals surface area contributed by atoms with E-state index in [-0.39, 0.29) is 33.5 Å². The summed E-state index contributed by atoms with van der Waals surface area (Å²) < 4.78 is 5.44. The van der Waals surface area contributed by atoms with Crippen molar-refractivity contribution >= 4 is 14.3 Å². The van der Waals surface area contributed by atoms with Crippen LogP contribution in [0, 0.1) is 5.92 Å². The number of carbonyl (C=O) groups excluding carboxylic acids is 1. The number of aliphatic hydroxyl groups excluding tert-OH is 2. The van der Waals surface area contributed by atoms with E-state index in [4.69, 9.17) is 9.63 Å². The molecule has 0 aromatic carbocycles. The summed E-state index contributed by atoms with van der Waals surface area (Å²) in [4.78, 5) is 12.9. The molecule has 3 unspecified atom stereocenters. The molecule has 3 atom stereocenters. The molecule has 0 radical (unpaired) electrons. The Morgan fingerprint density at radius 1 is 0.595 bits per heavy atom. The zero-order chi connectivity index (χ0) is 30.8. The Morgan fingerprint density at radius 2 is 0.952 bits per heavy atom. The first-order valence-corrected chi connectivity index (χ1v) is 19.4. The van der Waals surface area contributed by atoms with Gasteiger partial charge in [-0.25, -0.2) is 0 Å². The summed E-state index contributed by atoms with van der Waals surface area (Å²) >= 11 is 0. The molecule has 0 saturated heterocycles. The second-order valence-electron chi connectivity index (χ2n) is 12.7. The molecule has 0 aliphatic carbocycles. The van der Waals surface area contributed by atoms with Crippen LogP contribution < -0.4 is 0 Å². The van der Waals surface area contributed by atoms with Gasteiger partial charge in [0.1, 0.15) is 6.10 Å². The number of aliphatic hydroxyl groups is 2. The Bertz CT molecular complexity index is 568. The van der Waals surface area contributed by atoms with Gasteiger partial charge in [0.2, 0.25) is 0 Å². The molecule has 5 heteroatoms. The van der Waals surface area contributed by atoms with Crippen LogP contribution in [0.2, 0.25) is 0 Å². The highest BCUT2D eigenvalue weighted by atomic mass is 31.1. The van der Waals surface area contributed by atoms with Gasteiger partial charge in [-0.05, 0) is 38.5 Å². The minimum Gasteiger partial charge on any atom is -0.394 e. The summed E-state index contributed by atoms with van der Waals surface area (Å²) in [5.74, 6) is 0.0872. The maximum atomic E-state index is 12.9. The van der Waals surface area contributed by atoms with Crippen molar-refractivity contribution in [1.82, 2.24) is 0 Å². The number of carbonyl (C=O) groups is 1. The molecule has 0 rings (SSSR count). The van der Waals surface area contributed by atoms with Gasteiger partial charge in [-0.15, -0.1) is 0 Å². The van der Waals surface area contributed by atoms with Crippen LogP contribution in [0.1, 0.15) is 194 Å². The van der Waals surface area contributed by atoms with Gasteiger partial charge in [0.15, 0.2) is 5.52 Å². The fourth-order valence-electron chi connectivity index (χ4n) is 5.62. The van der Waals surface area contributed by atoms with Crippen molar-refractivity contribution in [1.29, 1.82) is 0 Å². The lowest BCUT2D eigenvalue weighted by Gasteiger charge is -2.16. The second kappa shape index (κ2) is 35.2. The Kier molecular flexibility index (Phi) is 35.0. The average Bonchev–Trinajstić information content (AvgIpc) is 3.00. The van der Waals surface area contributed by atoms with Gasteiger partial charge in [-0.2, -0.15) is 0 Å². The number of hydrogen-bond donors (Lipinski definition) is 2. The van der Waals surface area contributed by atoms with Gasteiger partial charge in [-0.3, -0.25) is 4.79 Å². The third kappa shape index (κ3) is 31.2. The normalized spacial score (nSPS) is 13.5. The molecule has 250 valence electrons. The Balaban J connectivity index is 3.98. The lowest BCUT2D eigenvalue weighted by Crippen LogP contribution is -2.18. The smallest absolute Gasteiger partial charge is 0.181 e. The molecule has 2 N–H and O–H groups in total. The molecule has 0 aliphatic heterocycles. The lowest BCUT2D eigenvalue weighted by atomic mass is 9.95. The summed E-state index contributed by atoms with van der Waals surface area (Å²) in [7, 11) is -0.215. The van der Waals surface area contributed by atoms with E-state index >= 15 is 0 Å².